The molecule has 0 aliphatic heterocycles. The summed E-state index contributed by atoms with van der Waals surface area (Å²) in [5.74, 6) is -0.362. The van der Waals surface area contributed by atoms with Crippen molar-refractivity contribution in [3.05, 3.63) is 41.2 Å². The Labute approximate surface area is 123 Å². The molecule has 0 amide bonds. The molecule has 112 valence electrons. The van der Waals surface area contributed by atoms with Crippen molar-refractivity contribution in [2.75, 3.05) is 12.4 Å². The number of nitrogens with one attached hydrogen (secondary N) is 1. The fourth-order valence-electron chi connectivity index (χ4n) is 2.31. The molecule has 6 heteroatoms. The Morgan fingerprint density at radius 3 is 2.71 bits per heavy atom. The van der Waals surface area contributed by atoms with Gasteiger partial charge in [-0.3, -0.25) is 4.68 Å². The molecule has 1 aromatic heterocycles. The first kappa shape index (κ1) is 14.9. The number of hydrogen-bond acceptors (Lipinski definition) is 4. The fourth-order valence-corrected chi connectivity index (χ4v) is 2.31. The van der Waals surface area contributed by atoms with Crippen molar-refractivity contribution < 1.29 is 14.6 Å². The Balaban J connectivity index is 2.31. The Kier molecular flexibility index (Phi) is 4.16. The molecule has 2 rings (SSSR count). The summed E-state index contributed by atoms with van der Waals surface area (Å²) in [6.45, 7) is 3.94. The Hall–Kier alpha value is -2.50. The number of ether oxygens (including phenoxy) is 1. The normalized spacial score (nSPS) is 12.0. The van der Waals surface area contributed by atoms with Crippen molar-refractivity contribution in [1.82, 2.24) is 9.78 Å². The second-order valence-electron chi connectivity index (χ2n) is 4.93. The van der Waals surface area contributed by atoms with Crippen molar-refractivity contribution in [3.63, 3.8) is 0 Å². The molecule has 0 saturated heterocycles. The SMILES string of the molecule is COc1ccc(C(=O)O)cc1NC(C)c1cn(C)nc1C. The molecule has 0 saturated carbocycles. The summed E-state index contributed by atoms with van der Waals surface area (Å²) >= 11 is 0. The number of aryl methyl sites for hydroxylation is 2. The molecule has 0 aliphatic carbocycles. The average Bonchev–Trinajstić information content (AvgIpc) is 2.77. The van der Waals surface area contributed by atoms with Gasteiger partial charge in [-0.05, 0) is 32.0 Å². The third-order valence-electron chi connectivity index (χ3n) is 3.34. The van der Waals surface area contributed by atoms with E-state index in [2.05, 4.69) is 10.4 Å². The Bertz CT molecular complexity index is 664. The van der Waals surface area contributed by atoms with Crippen LogP contribution in [0.3, 0.4) is 0 Å². The maximum absolute atomic E-state index is 11.1. The summed E-state index contributed by atoms with van der Waals surface area (Å²) in [4.78, 5) is 11.1. The molecular formula is C15H19N3O3. The maximum Gasteiger partial charge on any atom is 0.335 e. The van der Waals surface area contributed by atoms with Crippen molar-refractivity contribution in [2.45, 2.75) is 19.9 Å². The molecule has 1 heterocycles. The topological polar surface area (TPSA) is 76.4 Å². The molecule has 1 atom stereocenters. The smallest absolute Gasteiger partial charge is 0.335 e. The summed E-state index contributed by atoms with van der Waals surface area (Å²) in [6, 6.07) is 4.72. The largest absolute Gasteiger partial charge is 0.495 e. The second kappa shape index (κ2) is 5.87. The van der Waals surface area contributed by atoms with Gasteiger partial charge in [0.1, 0.15) is 5.75 Å². The standard InChI is InChI=1S/C15H19N3O3/c1-9(12-8-18(3)17-10(12)2)16-13-7-11(15(19)20)5-6-14(13)21-4/h5-9,16H,1-4H3,(H,19,20). The lowest BCUT2D eigenvalue weighted by molar-refractivity contribution is 0.0697. The van der Waals surface area contributed by atoms with Gasteiger partial charge in [-0.2, -0.15) is 5.10 Å². The molecule has 0 aliphatic rings. The van der Waals surface area contributed by atoms with E-state index in [1.807, 2.05) is 27.1 Å². The third-order valence-corrected chi connectivity index (χ3v) is 3.34. The highest BCUT2D eigenvalue weighted by molar-refractivity contribution is 5.89. The van der Waals surface area contributed by atoms with Crippen LogP contribution < -0.4 is 10.1 Å². The fraction of sp³-hybridized carbons (Fsp3) is 0.333. The predicted molar refractivity (Wildman–Crippen MR) is 79.9 cm³/mol. The van der Waals surface area contributed by atoms with Crippen molar-refractivity contribution >= 4 is 11.7 Å². The van der Waals surface area contributed by atoms with Crippen LogP contribution in [0.5, 0.6) is 5.75 Å². The van der Waals surface area contributed by atoms with Crippen LogP contribution in [0, 0.1) is 6.92 Å². The molecule has 21 heavy (non-hydrogen) atoms. The van der Waals surface area contributed by atoms with E-state index >= 15 is 0 Å². The average molecular weight is 289 g/mol. The number of carboxylic acid groups (broad SMARTS) is 1. The van der Waals surface area contributed by atoms with Crippen LogP contribution >= 0.6 is 0 Å². The van der Waals surface area contributed by atoms with Crippen LogP contribution in [0.15, 0.2) is 24.4 Å². The maximum atomic E-state index is 11.1. The van der Waals surface area contributed by atoms with Gasteiger partial charge in [0.2, 0.25) is 0 Å². The number of hydrogen-bond donors (Lipinski definition) is 2. The van der Waals surface area contributed by atoms with Gasteiger partial charge < -0.3 is 15.2 Å². The zero-order chi connectivity index (χ0) is 15.6. The number of carboxylic acids is 1. The Morgan fingerprint density at radius 1 is 1.48 bits per heavy atom. The van der Waals surface area contributed by atoms with Crippen LogP contribution in [0.4, 0.5) is 5.69 Å². The monoisotopic (exact) mass is 289 g/mol. The molecule has 0 fully saturated rings. The molecule has 2 aromatic rings. The second-order valence-corrected chi connectivity index (χ2v) is 4.93. The molecule has 2 N–H and O–H groups in total. The Morgan fingerprint density at radius 2 is 2.19 bits per heavy atom. The molecule has 0 radical (unpaired) electrons. The molecule has 1 aromatic carbocycles. The molecule has 6 nitrogen and oxygen atoms in total. The first-order valence-electron chi connectivity index (χ1n) is 6.60. The van der Waals surface area contributed by atoms with E-state index in [1.165, 1.54) is 6.07 Å². The van der Waals surface area contributed by atoms with Crippen LogP contribution in [0.25, 0.3) is 0 Å². The number of nitrogens with zero attached hydrogens (tertiary/aromatic N) is 2. The summed E-state index contributed by atoms with van der Waals surface area (Å²) in [5.41, 5.74) is 2.85. The lowest BCUT2D eigenvalue weighted by Crippen LogP contribution is -2.09. The molecule has 0 spiro atoms. The van der Waals surface area contributed by atoms with Crippen LogP contribution in [0.1, 0.15) is 34.6 Å². The molecule has 1 unspecified atom stereocenters. The highest BCUT2D eigenvalue weighted by atomic mass is 16.5. The van der Waals surface area contributed by atoms with Crippen molar-refractivity contribution in [2.24, 2.45) is 7.05 Å². The molecule has 0 bridgehead atoms. The quantitative estimate of drug-likeness (QED) is 0.884. The van der Waals surface area contributed by atoms with Crippen LogP contribution in [-0.4, -0.2) is 28.0 Å². The van der Waals surface area contributed by atoms with Crippen LogP contribution in [0.2, 0.25) is 0 Å². The number of aromatic nitrogens is 2. The lowest BCUT2D eigenvalue weighted by atomic mass is 10.1. The summed E-state index contributed by atoms with van der Waals surface area (Å²) in [6.07, 6.45) is 1.94. The number of methoxy groups -OCH3 is 1. The highest BCUT2D eigenvalue weighted by Crippen LogP contribution is 2.30. The number of benzene rings is 1. The summed E-state index contributed by atoms with van der Waals surface area (Å²) in [7, 11) is 3.43. The number of rotatable bonds is 5. The van der Waals surface area contributed by atoms with E-state index in [1.54, 1.807) is 23.9 Å². The van der Waals surface area contributed by atoms with E-state index in [0.29, 0.717) is 11.4 Å². The van der Waals surface area contributed by atoms with E-state index < -0.39 is 5.97 Å². The third kappa shape index (κ3) is 3.16. The predicted octanol–water partition coefficient (Wildman–Crippen LogP) is 2.61. The summed E-state index contributed by atoms with van der Waals surface area (Å²) < 4.78 is 7.03. The van der Waals surface area contributed by atoms with Gasteiger partial charge in [-0.15, -0.1) is 0 Å². The first-order valence-corrected chi connectivity index (χ1v) is 6.60. The van der Waals surface area contributed by atoms with E-state index in [4.69, 9.17) is 9.84 Å². The zero-order valence-electron chi connectivity index (χ0n) is 12.5. The lowest BCUT2D eigenvalue weighted by Gasteiger charge is -2.17. The first-order chi connectivity index (χ1) is 9.92. The van der Waals surface area contributed by atoms with Crippen molar-refractivity contribution in [3.8, 4) is 5.75 Å². The minimum absolute atomic E-state index is 0.0170. The number of anilines is 1. The van der Waals surface area contributed by atoms with Gasteiger partial charge in [0.25, 0.3) is 0 Å². The van der Waals surface area contributed by atoms with Gasteiger partial charge >= 0.3 is 5.97 Å². The van der Waals surface area contributed by atoms with Gasteiger partial charge in [0, 0.05) is 18.8 Å². The number of aromatic carboxylic acids is 1. The van der Waals surface area contributed by atoms with E-state index in [0.717, 1.165) is 11.3 Å². The van der Waals surface area contributed by atoms with Crippen LogP contribution in [-0.2, 0) is 7.05 Å². The number of carbonyl (C=O) groups is 1. The van der Waals surface area contributed by atoms with Gasteiger partial charge in [0.05, 0.1) is 30.1 Å². The summed E-state index contributed by atoms with van der Waals surface area (Å²) in [5, 5.41) is 16.7. The minimum atomic E-state index is -0.967. The van der Waals surface area contributed by atoms with E-state index in [9.17, 15) is 4.79 Å². The van der Waals surface area contributed by atoms with Gasteiger partial charge in [0.15, 0.2) is 0 Å². The van der Waals surface area contributed by atoms with Gasteiger partial charge in [-0.25, -0.2) is 4.79 Å². The highest BCUT2D eigenvalue weighted by Gasteiger charge is 2.15. The molecular weight excluding hydrogens is 270 g/mol. The van der Waals surface area contributed by atoms with Gasteiger partial charge in [-0.1, -0.05) is 0 Å². The zero-order valence-corrected chi connectivity index (χ0v) is 12.5. The minimum Gasteiger partial charge on any atom is -0.495 e. The van der Waals surface area contributed by atoms with Crippen molar-refractivity contribution in [1.29, 1.82) is 0 Å². The van der Waals surface area contributed by atoms with E-state index in [-0.39, 0.29) is 11.6 Å².